The maximum absolute atomic E-state index is 12.7. The minimum Gasteiger partial charge on any atom is -0.349 e. The number of hydrogen-bond acceptors (Lipinski definition) is 3. The summed E-state index contributed by atoms with van der Waals surface area (Å²) in [5.41, 5.74) is 6.91. The molecule has 5 nitrogen and oxygen atoms in total. The largest absolute Gasteiger partial charge is 0.349 e. The Labute approximate surface area is 148 Å². The Morgan fingerprint density at radius 3 is 2.54 bits per heavy atom. The van der Waals surface area contributed by atoms with Gasteiger partial charge in [0, 0.05) is 31.1 Å². The summed E-state index contributed by atoms with van der Waals surface area (Å²) in [7, 11) is 0. The van der Waals surface area contributed by atoms with Gasteiger partial charge in [-0.2, -0.15) is 0 Å². The average molecular weight is 352 g/mol. The highest BCUT2D eigenvalue weighted by molar-refractivity contribution is 6.30. The molecule has 1 aromatic carbocycles. The first-order valence-corrected chi connectivity index (χ1v) is 8.63. The highest BCUT2D eigenvalue weighted by Crippen LogP contribution is 2.29. The van der Waals surface area contributed by atoms with Gasteiger partial charge in [0.25, 0.3) is 0 Å². The van der Waals surface area contributed by atoms with Gasteiger partial charge in [0.05, 0.1) is 12.5 Å². The van der Waals surface area contributed by atoms with E-state index in [0.29, 0.717) is 18.1 Å². The molecule has 1 aliphatic heterocycles. The summed E-state index contributed by atoms with van der Waals surface area (Å²) in [5, 5.41) is 3.48. The minimum atomic E-state index is -0.356. The Balaban J connectivity index is 2.10. The van der Waals surface area contributed by atoms with E-state index in [-0.39, 0.29) is 35.7 Å². The van der Waals surface area contributed by atoms with Crippen LogP contribution in [0.15, 0.2) is 24.3 Å². The van der Waals surface area contributed by atoms with E-state index >= 15 is 0 Å². The molecule has 0 aromatic heterocycles. The molecule has 0 bridgehead atoms. The summed E-state index contributed by atoms with van der Waals surface area (Å²) in [6.45, 7) is 6.93. The van der Waals surface area contributed by atoms with Crippen LogP contribution in [0.1, 0.15) is 45.2 Å². The summed E-state index contributed by atoms with van der Waals surface area (Å²) < 4.78 is 0. The standard InChI is InChI=1S/C18H26ClN3O2/c1-12(23)21-15(13-4-6-14(19)7-5-13)10-17(24)22-9-8-16(20)18(2,3)11-22/h4-7,15-16H,8-11,20H2,1-3H3,(H,21,23). The van der Waals surface area contributed by atoms with Gasteiger partial charge in [-0.1, -0.05) is 37.6 Å². The van der Waals surface area contributed by atoms with E-state index in [1.165, 1.54) is 6.92 Å². The molecular formula is C18H26ClN3O2. The summed E-state index contributed by atoms with van der Waals surface area (Å²) in [4.78, 5) is 26.1. The fourth-order valence-electron chi connectivity index (χ4n) is 3.08. The molecule has 2 atom stereocenters. The Bertz CT molecular complexity index is 601. The van der Waals surface area contributed by atoms with Crippen molar-refractivity contribution in [2.75, 3.05) is 13.1 Å². The molecule has 0 spiro atoms. The van der Waals surface area contributed by atoms with E-state index < -0.39 is 0 Å². The van der Waals surface area contributed by atoms with Crippen LogP contribution in [0.3, 0.4) is 0 Å². The number of likely N-dealkylation sites (tertiary alicyclic amines) is 1. The lowest BCUT2D eigenvalue weighted by molar-refractivity contribution is -0.135. The van der Waals surface area contributed by atoms with Crippen LogP contribution in [0.2, 0.25) is 5.02 Å². The highest BCUT2D eigenvalue weighted by Gasteiger charge is 2.35. The molecular weight excluding hydrogens is 326 g/mol. The van der Waals surface area contributed by atoms with Gasteiger partial charge in [0.1, 0.15) is 0 Å². The van der Waals surface area contributed by atoms with Gasteiger partial charge in [-0.05, 0) is 29.5 Å². The van der Waals surface area contributed by atoms with Crippen molar-refractivity contribution in [2.45, 2.75) is 45.7 Å². The number of carbonyl (C=O) groups excluding carboxylic acids is 2. The van der Waals surface area contributed by atoms with Gasteiger partial charge in [-0.25, -0.2) is 0 Å². The number of rotatable bonds is 4. The molecule has 2 rings (SSSR count). The van der Waals surface area contributed by atoms with Gasteiger partial charge in [0.15, 0.2) is 0 Å². The first-order valence-electron chi connectivity index (χ1n) is 8.25. The van der Waals surface area contributed by atoms with Crippen LogP contribution in [0.4, 0.5) is 0 Å². The van der Waals surface area contributed by atoms with E-state index in [0.717, 1.165) is 12.0 Å². The smallest absolute Gasteiger partial charge is 0.225 e. The maximum atomic E-state index is 12.7. The lowest BCUT2D eigenvalue weighted by Gasteiger charge is -2.43. The molecule has 0 saturated carbocycles. The fourth-order valence-corrected chi connectivity index (χ4v) is 3.21. The second-order valence-corrected chi connectivity index (χ2v) is 7.64. The molecule has 3 N–H and O–H groups in total. The zero-order valence-electron chi connectivity index (χ0n) is 14.5. The average Bonchev–Trinajstić information content (AvgIpc) is 2.49. The number of benzene rings is 1. The van der Waals surface area contributed by atoms with E-state index in [4.69, 9.17) is 17.3 Å². The van der Waals surface area contributed by atoms with Crippen LogP contribution in [0.5, 0.6) is 0 Å². The summed E-state index contributed by atoms with van der Waals surface area (Å²) in [5.74, 6) is -0.132. The van der Waals surface area contributed by atoms with Crippen LogP contribution < -0.4 is 11.1 Å². The minimum absolute atomic E-state index is 0.0312. The molecule has 1 fully saturated rings. The molecule has 132 valence electrons. The van der Waals surface area contributed by atoms with Crippen molar-refractivity contribution in [1.82, 2.24) is 10.2 Å². The fraction of sp³-hybridized carbons (Fsp3) is 0.556. The zero-order chi connectivity index (χ0) is 17.9. The van der Waals surface area contributed by atoms with Gasteiger partial charge in [-0.3, -0.25) is 9.59 Å². The number of carbonyl (C=O) groups is 2. The van der Waals surface area contributed by atoms with Gasteiger partial charge in [-0.15, -0.1) is 0 Å². The second-order valence-electron chi connectivity index (χ2n) is 7.21. The van der Waals surface area contributed by atoms with Gasteiger partial charge < -0.3 is 16.0 Å². The van der Waals surface area contributed by atoms with Crippen molar-refractivity contribution in [1.29, 1.82) is 0 Å². The predicted molar refractivity (Wildman–Crippen MR) is 95.6 cm³/mol. The Hall–Kier alpha value is -1.59. The van der Waals surface area contributed by atoms with Crippen molar-refractivity contribution in [2.24, 2.45) is 11.1 Å². The maximum Gasteiger partial charge on any atom is 0.225 e. The quantitative estimate of drug-likeness (QED) is 0.875. The summed E-state index contributed by atoms with van der Waals surface area (Å²) in [6.07, 6.45) is 1.02. The van der Waals surface area contributed by atoms with Crippen LogP contribution in [-0.2, 0) is 9.59 Å². The zero-order valence-corrected chi connectivity index (χ0v) is 15.3. The first kappa shape index (κ1) is 18.7. The third kappa shape index (κ3) is 4.71. The number of hydrogen-bond donors (Lipinski definition) is 2. The Kier molecular flexibility index (Phi) is 5.88. The summed E-state index contributed by atoms with van der Waals surface area (Å²) in [6, 6.07) is 6.95. The number of amides is 2. The van der Waals surface area contributed by atoms with Crippen molar-refractivity contribution >= 4 is 23.4 Å². The lowest BCUT2D eigenvalue weighted by Crippen LogP contribution is -2.54. The number of halogens is 1. The SMILES string of the molecule is CC(=O)NC(CC(=O)N1CCC(N)C(C)(C)C1)c1ccc(Cl)cc1. The number of piperidine rings is 1. The molecule has 0 radical (unpaired) electrons. The van der Waals surface area contributed by atoms with E-state index in [9.17, 15) is 9.59 Å². The number of nitrogens with one attached hydrogen (secondary N) is 1. The van der Waals surface area contributed by atoms with Crippen LogP contribution in [-0.4, -0.2) is 35.8 Å². The molecule has 1 saturated heterocycles. The first-order chi connectivity index (χ1) is 11.2. The third-order valence-corrected chi connectivity index (χ3v) is 4.95. The lowest BCUT2D eigenvalue weighted by atomic mass is 9.79. The van der Waals surface area contributed by atoms with E-state index in [1.807, 2.05) is 17.0 Å². The van der Waals surface area contributed by atoms with Gasteiger partial charge in [0.2, 0.25) is 11.8 Å². The second kappa shape index (κ2) is 7.53. The van der Waals surface area contributed by atoms with Crippen LogP contribution in [0, 0.1) is 5.41 Å². The molecule has 2 amide bonds. The normalized spacial score (nSPS) is 21.2. The van der Waals surface area contributed by atoms with Crippen LogP contribution in [0.25, 0.3) is 0 Å². The molecule has 2 unspecified atom stereocenters. The number of nitrogens with zero attached hydrogens (tertiary/aromatic N) is 1. The molecule has 1 heterocycles. The summed E-state index contributed by atoms with van der Waals surface area (Å²) >= 11 is 5.92. The molecule has 1 aliphatic rings. The topological polar surface area (TPSA) is 75.4 Å². The molecule has 1 aromatic rings. The Morgan fingerprint density at radius 1 is 1.38 bits per heavy atom. The molecule has 24 heavy (non-hydrogen) atoms. The van der Waals surface area contributed by atoms with Crippen molar-refractivity contribution in [3.8, 4) is 0 Å². The Morgan fingerprint density at radius 2 is 2.00 bits per heavy atom. The predicted octanol–water partition coefficient (Wildman–Crippen LogP) is 2.49. The van der Waals surface area contributed by atoms with Gasteiger partial charge >= 0.3 is 0 Å². The van der Waals surface area contributed by atoms with Crippen LogP contribution >= 0.6 is 11.6 Å². The van der Waals surface area contributed by atoms with Crippen molar-refractivity contribution < 1.29 is 9.59 Å². The van der Waals surface area contributed by atoms with E-state index in [2.05, 4.69) is 19.2 Å². The van der Waals surface area contributed by atoms with Crippen molar-refractivity contribution in [3.63, 3.8) is 0 Å². The highest BCUT2D eigenvalue weighted by atomic mass is 35.5. The molecule has 6 heteroatoms. The monoisotopic (exact) mass is 351 g/mol. The van der Waals surface area contributed by atoms with Crippen molar-refractivity contribution in [3.05, 3.63) is 34.9 Å². The van der Waals surface area contributed by atoms with E-state index in [1.54, 1.807) is 12.1 Å². The molecule has 0 aliphatic carbocycles. The third-order valence-electron chi connectivity index (χ3n) is 4.69. The number of nitrogens with two attached hydrogens (primary N) is 1.